The van der Waals surface area contributed by atoms with Crippen molar-refractivity contribution in [2.24, 2.45) is 0 Å². The van der Waals surface area contributed by atoms with E-state index >= 15 is 0 Å². The molecule has 1 aliphatic heterocycles. The normalized spacial score (nSPS) is 15.4. The number of nitrogens with one attached hydrogen (secondary N) is 1. The standard InChI is InChI=1S/C23H24F3N3O3/c1-22(2,3)32-21(31)29(12-4-5-13-29)20(30)28-15-16-10-11-27-19(14-16)17-6-8-18(9-7-17)23(24,25)26/h4-11,14H,12-13,15H2,1-3H3/p+1. The molecule has 9 heteroatoms. The summed E-state index contributed by atoms with van der Waals surface area (Å²) < 4.78 is 43.3. The van der Waals surface area contributed by atoms with Crippen LogP contribution in [0.4, 0.5) is 22.8 Å². The van der Waals surface area contributed by atoms with Gasteiger partial charge in [-0.05, 0) is 62.8 Å². The molecule has 1 aromatic carbocycles. The maximum Gasteiger partial charge on any atom is 0.526 e. The SMILES string of the molecule is CC(C)(C)OC(=O)[N+]1(C(=O)NCc2ccnc(-c3ccc(C(F)(F)F)cc3)c2)CC=CC1. The largest absolute Gasteiger partial charge is 0.526 e. The molecule has 2 aromatic rings. The van der Waals surface area contributed by atoms with Crippen molar-refractivity contribution in [3.05, 3.63) is 65.9 Å². The lowest BCUT2D eigenvalue weighted by Crippen LogP contribution is -2.60. The molecule has 1 N–H and O–H groups in total. The van der Waals surface area contributed by atoms with Crippen LogP contribution in [0.25, 0.3) is 11.3 Å². The van der Waals surface area contributed by atoms with Gasteiger partial charge in [-0.3, -0.25) is 4.98 Å². The van der Waals surface area contributed by atoms with Crippen LogP contribution in [0.15, 0.2) is 54.7 Å². The molecule has 1 aromatic heterocycles. The lowest BCUT2D eigenvalue weighted by Gasteiger charge is -2.30. The van der Waals surface area contributed by atoms with Gasteiger partial charge in [0, 0.05) is 18.3 Å². The van der Waals surface area contributed by atoms with E-state index in [9.17, 15) is 22.8 Å². The number of alkyl halides is 3. The van der Waals surface area contributed by atoms with Crippen LogP contribution in [0.5, 0.6) is 0 Å². The van der Waals surface area contributed by atoms with Crippen molar-refractivity contribution < 1.29 is 32.0 Å². The summed E-state index contributed by atoms with van der Waals surface area (Å²) in [6.07, 6.45) is 0.0110. The smallest absolute Gasteiger partial charge is 0.414 e. The molecule has 3 amide bonds. The molecule has 0 unspecified atom stereocenters. The van der Waals surface area contributed by atoms with Crippen LogP contribution in [-0.4, -0.2) is 40.3 Å². The van der Waals surface area contributed by atoms with Gasteiger partial charge >= 0.3 is 18.3 Å². The maximum atomic E-state index is 13.0. The summed E-state index contributed by atoms with van der Waals surface area (Å²) in [5, 5.41) is 2.77. The Balaban J connectivity index is 1.71. The highest BCUT2D eigenvalue weighted by Crippen LogP contribution is 2.30. The van der Waals surface area contributed by atoms with E-state index in [0.717, 1.165) is 12.1 Å². The van der Waals surface area contributed by atoms with Crippen LogP contribution >= 0.6 is 0 Å². The Morgan fingerprint density at radius 3 is 2.25 bits per heavy atom. The number of nitrogens with zero attached hydrogens (tertiary/aromatic N) is 2. The molecular formula is C23H25F3N3O3+. The summed E-state index contributed by atoms with van der Waals surface area (Å²) >= 11 is 0. The van der Waals surface area contributed by atoms with Gasteiger partial charge in [-0.25, -0.2) is 4.79 Å². The lowest BCUT2D eigenvalue weighted by atomic mass is 10.1. The number of rotatable bonds is 3. The summed E-state index contributed by atoms with van der Waals surface area (Å²) in [4.78, 5) is 29.9. The summed E-state index contributed by atoms with van der Waals surface area (Å²) in [6.45, 7) is 5.74. The van der Waals surface area contributed by atoms with Gasteiger partial charge in [0.25, 0.3) is 0 Å². The quantitative estimate of drug-likeness (QED) is 0.511. The molecule has 1 aliphatic rings. The zero-order valence-electron chi connectivity index (χ0n) is 18.1. The number of benzene rings is 1. The number of amides is 3. The van der Waals surface area contributed by atoms with E-state index in [4.69, 9.17) is 4.74 Å². The molecule has 6 nitrogen and oxygen atoms in total. The molecule has 0 bridgehead atoms. The second kappa shape index (κ2) is 8.74. The van der Waals surface area contributed by atoms with Crippen molar-refractivity contribution in [1.82, 2.24) is 10.3 Å². The van der Waals surface area contributed by atoms with Gasteiger partial charge in [-0.15, -0.1) is 4.48 Å². The fourth-order valence-corrected chi connectivity index (χ4v) is 3.23. The zero-order valence-corrected chi connectivity index (χ0v) is 18.1. The van der Waals surface area contributed by atoms with E-state index in [0.29, 0.717) is 16.8 Å². The Morgan fingerprint density at radius 2 is 1.69 bits per heavy atom. The number of carbonyl (C=O) groups is 2. The monoisotopic (exact) mass is 448 g/mol. The molecule has 0 spiro atoms. The second-order valence-electron chi connectivity index (χ2n) is 8.57. The third-order valence-electron chi connectivity index (χ3n) is 4.91. The van der Waals surface area contributed by atoms with Crippen LogP contribution in [0, 0.1) is 0 Å². The first-order valence-electron chi connectivity index (χ1n) is 10.1. The number of quaternary nitrogens is 1. The van der Waals surface area contributed by atoms with Crippen LogP contribution in [0.1, 0.15) is 31.9 Å². The van der Waals surface area contributed by atoms with Gasteiger partial charge in [0.2, 0.25) is 0 Å². The minimum absolute atomic E-state index is 0.123. The summed E-state index contributed by atoms with van der Waals surface area (Å²) in [5.41, 5.74) is 0.224. The number of hydrogen-bond acceptors (Lipinski definition) is 4. The number of pyridine rings is 1. The Hall–Kier alpha value is -3.20. The number of carbonyl (C=O) groups excluding carboxylic acids is 2. The van der Waals surface area contributed by atoms with Crippen LogP contribution in [0.2, 0.25) is 0 Å². The molecule has 170 valence electrons. The number of ether oxygens (including phenoxy) is 1. The topological polar surface area (TPSA) is 68.3 Å². The van der Waals surface area contributed by atoms with E-state index in [1.54, 1.807) is 45.1 Å². The zero-order chi connectivity index (χ0) is 23.6. The van der Waals surface area contributed by atoms with Crippen molar-refractivity contribution in [3.63, 3.8) is 0 Å². The van der Waals surface area contributed by atoms with Crippen molar-refractivity contribution in [2.75, 3.05) is 13.1 Å². The van der Waals surface area contributed by atoms with Crippen LogP contribution < -0.4 is 5.32 Å². The highest BCUT2D eigenvalue weighted by molar-refractivity contribution is 5.80. The molecule has 0 saturated carbocycles. The molecule has 0 atom stereocenters. The highest BCUT2D eigenvalue weighted by atomic mass is 19.4. The molecule has 3 rings (SSSR count). The molecule has 0 aliphatic carbocycles. The summed E-state index contributed by atoms with van der Waals surface area (Å²) in [5.74, 6) is 0. The third kappa shape index (κ3) is 5.34. The Morgan fingerprint density at radius 1 is 1.06 bits per heavy atom. The van der Waals surface area contributed by atoms with Crippen LogP contribution in [-0.2, 0) is 17.5 Å². The molecular weight excluding hydrogens is 423 g/mol. The Labute approximate surface area is 184 Å². The first-order chi connectivity index (χ1) is 14.9. The van der Waals surface area contributed by atoms with Gasteiger partial charge in [0.15, 0.2) is 0 Å². The van der Waals surface area contributed by atoms with Crippen molar-refractivity contribution in [3.8, 4) is 11.3 Å². The van der Waals surface area contributed by atoms with Gasteiger partial charge in [0.1, 0.15) is 18.7 Å². The predicted molar refractivity (Wildman–Crippen MR) is 112 cm³/mol. The first kappa shape index (κ1) is 23.5. The average Bonchev–Trinajstić information content (AvgIpc) is 3.22. The van der Waals surface area contributed by atoms with Gasteiger partial charge in [-0.1, -0.05) is 12.1 Å². The number of hydrogen-bond donors (Lipinski definition) is 1. The van der Waals surface area contributed by atoms with Gasteiger partial charge < -0.3 is 10.1 Å². The summed E-state index contributed by atoms with van der Waals surface area (Å²) in [6, 6.07) is 7.59. The van der Waals surface area contributed by atoms with Crippen molar-refractivity contribution in [2.45, 2.75) is 39.1 Å². The van der Waals surface area contributed by atoms with E-state index in [1.807, 2.05) is 0 Å². The Kier molecular flexibility index (Phi) is 6.41. The highest BCUT2D eigenvalue weighted by Gasteiger charge is 2.48. The third-order valence-corrected chi connectivity index (χ3v) is 4.91. The molecule has 0 saturated heterocycles. The molecule has 0 radical (unpaired) electrons. The van der Waals surface area contributed by atoms with E-state index in [-0.39, 0.29) is 19.6 Å². The minimum Gasteiger partial charge on any atom is -0.414 e. The summed E-state index contributed by atoms with van der Waals surface area (Å²) in [7, 11) is 0. The first-order valence-corrected chi connectivity index (χ1v) is 10.1. The molecule has 2 heterocycles. The number of urea groups is 1. The van der Waals surface area contributed by atoms with E-state index in [2.05, 4.69) is 10.3 Å². The van der Waals surface area contributed by atoms with E-state index < -0.39 is 33.9 Å². The fourth-order valence-electron chi connectivity index (χ4n) is 3.23. The number of aromatic nitrogens is 1. The number of halogens is 3. The number of imide groups is 1. The van der Waals surface area contributed by atoms with E-state index in [1.165, 1.54) is 18.3 Å². The van der Waals surface area contributed by atoms with Gasteiger partial charge in [0.05, 0.1) is 11.3 Å². The predicted octanol–water partition coefficient (Wildman–Crippen LogP) is 5.30. The van der Waals surface area contributed by atoms with Gasteiger partial charge in [-0.2, -0.15) is 18.0 Å². The van der Waals surface area contributed by atoms with Crippen molar-refractivity contribution in [1.29, 1.82) is 0 Å². The van der Waals surface area contributed by atoms with Crippen LogP contribution in [0.3, 0.4) is 0 Å². The molecule has 32 heavy (non-hydrogen) atoms. The lowest BCUT2D eigenvalue weighted by molar-refractivity contribution is -0.760. The fraction of sp³-hybridized carbons (Fsp3) is 0.348. The average molecular weight is 448 g/mol. The van der Waals surface area contributed by atoms with Crippen molar-refractivity contribution >= 4 is 12.1 Å². The Bertz CT molecular complexity index is 1020. The minimum atomic E-state index is -4.41. The maximum absolute atomic E-state index is 13.0. The second-order valence-corrected chi connectivity index (χ2v) is 8.57. The molecule has 0 fully saturated rings.